The minimum Gasteiger partial charge on any atom is -0.375 e. The molecule has 7 nitrogen and oxygen atoms in total. The molecule has 0 radical (unpaired) electrons. The van der Waals surface area contributed by atoms with Crippen LogP contribution in [0.15, 0.2) is 29.4 Å². The van der Waals surface area contributed by atoms with Crippen LogP contribution in [0, 0.1) is 5.92 Å². The molecule has 0 amide bonds. The number of nitrogens with zero attached hydrogens (tertiary/aromatic N) is 5. The van der Waals surface area contributed by atoms with Gasteiger partial charge in [-0.3, -0.25) is 0 Å². The summed E-state index contributed by atoms with van der Waals surface area (Å²) >= 11 is 0. The van der Waals surface area contributed by atoms with Crippen LogP contribution in [0.1, 0.15) is 25.8 Å². The maximum absolute atomic E-state index is 4.04. The van der Waals surface area contributed by atoms with Crippen LogP contribution in [0.5, 0.6) is 0 Å². The molecule has 2 aromatic rings. The molecule has 0 aliphatic carbocycles. The number of tetrazole rings is 1. The van der Waals surface area contributed by atoms with E-state index in [4.69, 9.17) is 0 Å². The Morgan fingerprint density at radius 1 is 1.33 bits per heavy atom. The van der Waals surface area contributed by atoms with E-state index in [1.54, 1.807) is 6.21 Å². The van der Waals surface area contributed by atoms with Gasteiger partial charge < -0.3 is 4.90 Å². The van der Waals surface area contributed by atoms with Crippen LogP contribution in [0.3, 0.4) is 0 Å². The predicted octanol–water partition coefficient (Wildman–Crippen LogP) is 2.13. The zero-order chi connectivity index (χ0) is 15.1. The lowest BCUT2D eigenvalue weighted by molar-refractivity contribution is 0.585. The number of aromatic amines is 1. The van der Waals surface area contributed by atoms with Gasteiger partial charge in [0.05, 0.1) is 6.21 Å². The number of anilines is 2. The normalized spacial score (nSPS) is 11.2. The second kappa shape index (κ2) is 7.37. The number of hydrogen-bond donors (Lipinski definition) is 2. The van der Waals surface area contributed by atoms with Crippen LogP contribution in [0.2, 0.25) is 0 Å². The van der Waals surface area contributed by atoms with Gasteiger partial charge in [0.2, 0.25) is 0 Å². The van der Waals surface area contributed by atoms with Crippen molar-refractivity contribution < 1.29 is 0 Å². The summed E-state index contributed by atoms with van der Waals surface area (Å²) < 4.78 is 0. The quantitative estimate of drug-likeness (QED) is 0.602. The summed E-state index contributed by atoms with van der Waals surface area (Å²) in [5.41, 5.74) is 4.90. The molecule has 1 heterocycles. The fraction of sp³-hybridized carbons (Fsp3) is 0.429. The maximum Gasteiger partial charge on any atom is 0.283 e. The number of rotatable bonds is 7. The second-order valence-electron chi connectivity index (χ2n) is 5.30. The highest BCUT2D eigenvalue weighted by molar-refractivity contribution is 5.80. The van der Waals surface area contributed by atoms with E-state index in [-0.39, 0.29) is 0 Å². The van der Waals surface area contributed by atoms with E-state index in [1.807, 2.05) is 12.1 Å². The SMILES string of the molecule is CC(C)CCN(C)c1ccc(C=NNc2nn[nH]n2)cc1. The topological polar surface area (TPSA) is 82.1 Å². The number of hydrazone groups is 1. The molecule has 1 aromatic heterocycles. The minimum absolute atomic E-state index is 0.344. The molecule has 112 valence electrons. The zero-order valence-corrected chi connectivity index (χ0v) is 12.6. The first-order chi connectivity index (χ1) is 10.1. The average Bonchev–Trinajstić information content (AvgIpc) is 2.99. The average molecular weight is 287 g/mol. The first-order valence-corrected chi connectivity index (χ1v) is 6.99. The first kappa shape index (κ1) is 15.0. The van der Waals surface area contributed by atoms with Crippen molar-refractivity contribution in [2.75, 3.05) is 23.9 Å². The van der Waals surface area contributed by atoms with Gasteiger partial charge in [-0.2, -0.15) is 10.3 Å². The summed E-state index contributed by atoms with van der Waals surface area (Å²) in [6.45, 7) is 5.54. The Bertz CT molecular complexity index is 545. The molecule has 0 bridgehead atoms. The van der Waals surface area contributed by atoms with Crippen LogP contribution in [0.25, 0.3) is 0 Å². The molecule has 1 aromatic carbocycles. The van der Waals surface area contributed by atoms with Crippen molar-refractivity contribution in [1.29, 1.82) is 0 Å². The molecule has 0 fully saturated rings. The largest absolute Gasteiger partial charge is 0.375 e. The highest BCUT2D eigenvalue weighted by Crippen LogP contribution is 2.14. The van der Waals surface area contributed by atoms with Gasteiger partial charge in [0.25, 0.3) is 5.95 Å². The number of nitrogens with one attached hydrogen (secondary N) is 2. The Hall–Kier alpha value is -2.44. The van der Waals surface area contributed by atoms with Crippen molar-refractivity contribution in [2.45, 2.75) is 20.3 Å². The van der Waals surface area contributed by atoms with Crippen molar-refractivity contribution >= 4 is 17.9 Å². The zero-order valence-electron chi connectivity index (χ0n) is 12.6. The molecule has 0 aliphatic heterocycles. The van der Waals surface area contributed by atoms with Gasteiger partial charge in [0.1, 0.15) is 0 Å². The Morgan fingerprint density at radius 3 is 2.71 bits per heavy atom. The van der Waals surface area contributed by atoms with Crippen LogP contribution in [0.4, 0.5) is 11.6 Å². The summed E-state index contributed by atoms with van der Waals surface area (Å²) in [6.07, 6.45) is 2.91. The molecule has 0 unspecified atom stereocenters. The van der Waals surface area contributed by atoms with E-state index in [0.717, 1.165) is 18.0 Å². The number of benzene rings is 1. The van der Waals surface area contributed by atoms with Gasteiger partial charge in [-0.15, -0.1) is 5.10 Å². The molecular formula is C14H21N7. The first-order valence-electron chi connectivity index (χ1n) is 6.99. The second-order valence-corrected chi connectivity index (χ2v) is 5.30. The van der Waals surface area contributed by atoms with Gasteiger partial charge in [-0.1, -0.05) is 31.1 Å². The van der Waals surface area contributed by atoms with Crippen LogP contribution >= 0.6 is 0 Å². The van der Waals surface area contributed by atoms with E-state index in [2.05, 4.69) is 69.1 Å². The molecule has 0 saturated carbocycles. The Morgan fingerprint density at radius 2 is 2.10 bits per heavy atom. The lowest BCUT2D eigenvalue weighted by Gasteiger charge is -2.20. The monoisotopic (exact) mass is 287 g/mol. The number of aromatic nitrogens is 4. The third kappa shape index (κ3) is 4.87. The fourth-order valence-corrected chi connectivity index (χ4v) is 1.77. The van der Waals surface area contributed by atoms with E-state index in [9.17, 15) is 0 Å². The molecule has 0 aliphatic rings. The Balaban J connectivity index is 1.87. The molecule has 2 N–H and O–H groups in total. The molecule has 0 spiro atoms. The summed E-state index contributed by atoms with van der Waals surface area (Å²) in [5, 5.41) is 17.3. The standard InChI is InChI=1S/C14H21N7/c1-11(2)8-9-21(3)13-6-4-12(5-7-13)10-15-16-14-17-19-20-18-14/h4-7,10-11H,8-9H2,1-3H3,(H2,16,17,18,19,20). The van der Waals surface area contributed by atoms with Crippen LogP contribution in [-0.2, 0) is 0 Å². The van der Waals surface area contributed by atoms with Crippen molar-refractivity contribution in [2.24, 2.45) is 11.0 Å². The molecule has 2 rings (SSSR count). The molecule has 0 saturated heterocycles. The van der Waals surface area contributed by atoms with E-state index < -0.39 is 0 Å². The van der Waals surface area contributed by atoms with Gasteiger partial charge in [0, 0.05) is 19.3 Å². The van der Waals surface area contributed by atoms with Crippen molar-refractivity contribution in [3.05, 3.63) is 29.8 Å². The van der Waals surface area contributed by atoms with E-state index >= 15 is 0 Å². The number of H-pyrrole nitrogens is 1. The van der Waals surface area contributed by atoms with E-state index in [0.29, 0.717) is 5.95 Å². The third-order valence-corrected chi connectivity index (χ3v) is 3.10. The van der Waals surface area contributed by atoms with Crippen LogP contribution in [-0.4, -0.2) is 40.4 Å². The van der Waals surface area contributed by atoms with Crippen LogP contribution < -0.4 is 10.3 Å². The van der Waals surface area contributed by atoms with Gasteiger partial charge in [-0.05, 0) is 35.2 Å². The highest BCUT2D eigenvalue weighted by Gasteiger charge is 2.02. The summed E-state index contributed by atoms with van der Waals surface area (Å²) in [7, 11) is 2.11. The lowest BCUT2D eigenvalue weighted by Crippen LogP contribution is -2.19. The Labute approximate surface area is 124 Å². The highest BCUT2D eigenvalue weighted by atomic mass is 15.5. The summed E-state index contributed by atoms with van der Waals surface area (Å²) in [5.74, 6) is 1.06. The molecule has 7 heteroatoms. The molecule has 21 heavy (non-hydrogen) atoms. The minimum atomic E-state index is 0.344. The smallest absolute Gasteiger partial charge is 0.283 e. The predicted molar refractivity (Wildman–Crippen MR) is 84.6 cm³/mol. The van der Waals surface area contributed by atoms with Gasteiger partial charge in [0.15, 0.2) is 0 Å². The van der Waals surface area contributed by atoms with Crippen molar-refractivity contribution in [1.82, 2.24) is 20.6 Å². The fourth-order valence-electron chi connectivity index (χ4n) is 1.77. The molecular weight excluding hydrogens is 266 g/mol. The van der Waals surface area contributed by atoms with Crippen molar-refractivity contribution in [3.63, 3.8) is 0 Å². The summed E-state index contributed by atoms with van der Waals surface area (Å²) in [4.78, 5) is 2.26. The lowest BCUT2D eigenvalue weighted by atomic mass is 10.1. The maximum atomic E-state index is 4.04. The number of hydrogen-bond acceptors (Lipinski definition) is 6. The third-order valence-electron chi connectivity index (χ3n) is 3.10. The Kier molecular flexibility index (Phi) is 5.25. The van der Waals surface area contributed by atoms with Gasteiger partial charge in [-0.25, -0.2) is 5.43 Å². The van der Waals surface area contributed by atoms with Crippen molar-refractivity contribution in [3.8, 4) is 0 Å². The summed E-state index contributed by atoms with van der Waals surface area (Å²) in [6, 6.07) is 8.25. The van der Waals surface area contributed by atoms with E-state index in [1.165, 1.54) is 12.1 Å². The molecule has 0 atom stereocenters. The van der Waals surface area contributed by atoms with Gasteiger partial charge >= 0.3 is 0 Å².